The zero-order chi connectivity index (χ0) is 39.3. The highest BCUT2D eigenvalue weighted by Gasteiger charge is 2.58. The number of benzene rings is 2. The van der Waals surface area contributed by atoms with E-state index in [4.69, 9.17) is 30.1 Å². The molecule has 3 heterocycles. The van der Waals surface area contributed by atoms with Crippen molar-refractivity contribution in [2.45, 2.75) is 62.1 Å². The van der Waals surface area contributed by atoms with Gasteiger partial charge >= 0.3 is 19.9 Å². The molecule has 54 heavy (non-hydrogen) atoms. The Hall–Kier alpha value is -3.92. The molecule has 17 nitrogen and oxygen atoms in total. The summed E-state index contributed by atoms with van der Waals surface area (Å²) in [5.74, 6) is -0.952. The molecule has 1 aliphatic carbocycles. The standard InChI is InChI=1S/C31H34ClF3N7O10PS/c1-29(45)24(43)22(51-27(29)42-17-38-23-25(36-16-37-26(23)42)41(2)40-54(3,47)48)15-50-53(46,52-20-10-8-19(32)9-11-20)39-30(12-13-30)28(44)49-14-18-6-4-5-7-21(18)31(33,34)35/h4-11,16-17,22,24,27,40,43,45H,12-15H2,1-3H3,(H,39,46)/t22?,24-,27?,29-,53?/m1/s1. The van der Waals surface area contributed by atoms with Crippen LogP contribution < -0.4 is 19.5 Å². The van der Waals surface area contributed by atoms with Crippen molar-refractivity contribution in [2.75, 3.05) is 24.9 Å². The summed E-state index contributed by atoms with van der Waals surface area (Å²) in [6.45, 7) is -0.148. The van der Waals surface area contributed by atoms with Gasteiger partial charge in [-0.05, 0) is 50.1 Å². The molecule has 23 heteroatoms. The van der Waals surface area contributed by atoms with Crippen molar-refractivity contribution in [3.63, 3.8) is 0 Å². The number of esters is 1. The van der Waals surface area contributed by atoms with Gasteiger partial charge < -0.3 is 24.2 Å². The number of anilines is 1. The van der Waals surface area contributed by atoms with Gasteiger partial charge in [-0.1, -0.05) is 29.8 Å². The third-order valence-electron chi connectivity index (χ3n) is 8.59. The Balaban J connectivity index is 1.21. The van der Waals surface area contributed by atoms with Crippen molar-refractivity contribution in [3.05, 3.63) is 77.3 Å². The second-order valence-corrected chi connectivity index (χ2v) is 16.7. The molecule has 2 aliphatic rings. The number of fused-ring (bicyclic) bond motifs is 1. The van der Waals surface area contributed by atoms with E-state index < -0.39 is 78.3 Å². The van der Waals surface area contributed by atoms with E-state index in [9.17, 15) is 41.2 Å². The summed E-state index contributed by atoms with van der Waals surface area (Å²) in [6, 6.07) is 10.2. The van der Waals surface area contributed by atoms with Crippen molar-refractivity contribution < 1.29 is 59.7 Å². The van der Waals surface area contributed by atoms with E-state index in [-0.39, 0.29) is 41.1 Å². The van der Waals surface area contributed by atoms with E-state index in [0.717, 1.165) is 23.7 Å². The number of imidazole rings is 1. The zero-order valence-electron chi connectivity index (χ0n) is 28.6. The van der Waals surface area contributed by atoms with Crippen LogP contribution in [0, 0.1) is 0 Å². The molecule has 1 saturated heterocycles. The number of hydrazine groups is 1. The van der Waals surface area contributed by atoms with Gasteiger partial charge in [-0.2, -0.15) is 18.3 Å². The lowest BCUT2D eigenvalue weighted by Crippen LogP contribution is -2.45. The number of carbonyl (C=O) groups is 1. The fraction of sp³-hybridized carbons (Fsp3) is 0.419. The quantitative estimate of drug-likeness (QED) is 0.0814. The number of nitrogens with one attached hydrogen (secondary N) is 2. The molecule has 5 atom stereocenters. The van der Waals surface area contributed by atoms with E-state index in [2.05, 4.69) is 24.9 Å². The van der Waals surface area contributed by atoms with Gasteiger partial charge in [0.15, 0.2) is 23.2 Å². The van der Waals surface area contributed by atoms with Crippen LogP contribution in [0.5, 0.6) is 5.75 Å². The number of aliphatic hydroxyl groups is 2. The third kappa shape index (κ3) is 8.48. The van der Waals surface area contributed by atoms with Crippen molar-refractivity contribution in [1.82, 2.24) is 29.4 Å². The number of rotatable bonds is 14. The Morgan fingerprint density at radius 1 is 1.17 bits per heavy atom. The van der Waals surface area contributed by atoms with Crippen molar-refractivity contribution in [1.29, 1.82) is 0 Å². The number of carbonyl (C=O) groups excluding carboxylic acids is 1. The summed E-state index contributed by atoms with van der Waals surface area (Å²) >= 11 is 5.98. The average Bonchev–Trinajstić information content (AvgIpc) is 3.68. The number of aromatic nitrogens is 4. The number of hydrogen-bond acceptors (Lipinski definition) is 14. The number of sulfonamides is 1. The summed E-state index contributed by atoms with van der Waals surface area (Å²) in [5.41, 5.74) is -4.78. The van der Waals surface area contributed by atoms with Crippen LogP contribution in [0.4, 0.5) is 19.0 Å². The van der Waals surface area contributed by atoms with Gasteiger partial charge in [-0.3, -0.25) is 18.9 Å². The third-order valence-corrected chi connectivity index (χ3v) is 11.1. The zero-order valence-corrected chi connectivity index (χ0v) is 31.1. The van der Waals surface area contributed by atoms with E-state index in [1.165, 1.54) is 67.3 Å². The first-order valence-electron chi connectivity index (χ1n) is 16.0. The number of alkyl halides is 3. The maximum Gasteiger partial charge on any atom is 0.459 e. The molecule has 0 amide bonds. The minimum absolute atomic E-state index is 0.00743. The molecule has 2 fully saturated rings. The average molecular weight is 820 g/mol. The van der Waals surface area contributed by atoms with E-state index in [1.807, 2.05) is 0 Å². The number of aliphatic hydroxyl groups excluding tert-OH is 1. The minimum atomic E-state index is -4.69. The van der Waals surface area contributed by atoms with Crippen LogP contribution >= 0.6 is 19.3 Å². The molecule has 2 aromatic carbocycles. The van der Waals surface area contributed by atoms with Crippen LogP contribution in [0.1, 0.15) is 37.1 Å². The molecule has 0 bridgehead atoms. The van der Waals surface area contributed by atoms with Gasteiger partial charge in [-0.15, -0.1) is 4.83 Å². The normalized spacial score (nSPS) is 23.5. The van der Waals surface area contributed by atoms with Crippen molar-refractivity contribution in [3.8, 4) is 5.75 Å². The van der Waals surface area contributed by atoms with Crippen LogP contribution in [-0.2, 0) is 46.2 Å². The van der Waals surface area contributed by atoms with E-state index >= 15 is 0 Å². The summed E-state index contributed by atoms with van der Waals surface area (Å²) in [4.78, 5) is 28.1. The molecule has 0 radical (unpaired) electrons. The van der Waals surface area contributed by atoms with Gasteiger partial charge in [-0.25, -0.2) is 27.9 Å². The molecule has 2 aromatic heterocycles. The van der Waals surface area contributed by atoms with Gasteiger partial charge in [0.2, 0.25) is 10.0 Å². The number of nitrogens with zero attached hydrogens (tertiary/aromatic N) is 5. The summed E-state index contributed by atoms with van der Waals surface area (Å²) < 4.78 is 103. The van der Waals surface area contributed by atoms with Gasteiger partial charge in [0.05, 0.1) is 24.8 Å². The molecule has 0 spiro atoms. The Kier molecular flexibility index (Phi) is 10.8. The van der Waals surface area contributed by atoms with Crippen LogP contribution in [0.25, 0.3) is 11.2 Å². The van der Waals surface area contributed by atoms with Gasteiger partial charge in [0.25, 0.3) is 0 Å². The van der Waals surface area contributed by atoms with Gasteiger partial charge in [0.1, 0.15) is 42.0 Å². The lowest BCUT2D eigenvalue weighted by atomic mass is 9.96. The Labute approximate surface area is 311 Å². The Bertz CT molecular complexity index is 2190. The van der Waals surface area contributed by atoms with Crippen molar-refractivity contribution >= 4 is 52.3 Å². The molecule has 292 valence electrons. The molecular weight excluding hydrogens is 786 g/mol. The van der Waals surface area contributed by atoms with Crippen LogP contribution in [-0.4, -0.2) is 87.4 Å². The fourth-order valence-corrected chi connectivity index (χ4v) is 8.22. The monoisotopic (exact) mass is 819 g/mol. The highest BCUT2D eigenvalue weighted by molar-refractivity contribution is 7.88. The number of ether oxygens (including phenoxy) is 2. The lowest BCUT2D eigenvalue weighted by molar-refractivity contribution is -0.150. The summed E-state index contributed by atoms with van der Waals surface area (Å²) in [5, 5.41) is 26.7. The largest absolute Gasteiger partial charge is 0.459 e. The topological polar surface area (TPSA) is 217 Å². The Morgan fingerprint density at radius 3 is 2.50 bits per heavy atom. The second-order valence-electron chi connectivity index (χ2n) is 12.9. The highest BCUT2D eigenvalue weighted by Crippen LogP contribution is 2.53. The predicted octanol–water partition coefficient (Wildman–Crippen LogP) is 3.48. The highest BCUT2D eigenvalue weighted by atomic mass is 35.5. The first-order chi connectivity index (χ1) is 25.2. The SMILES string of the molecule is CN(NS(C)(=O)=O)c1ncnc2c1ncn2C1OC(COP(=O)(NC2(C(=O)OCc3ccccc3C(F)(F)F)CC2)Oc2ccc(Cl)cc2)[C@@H](O)[C@@]1(C)O. The van der Waals surface area contributed by atoms with Crippen LogP contribution in [0.2, 0.25) is 5.02 Å². The predicted molar refractivity (Wildman–Crippen MR) is 184 cm³/mol. The molecule has 3 unspecified atom stereocenters. The Morgan fingerprint density at radius 2 is 1.85 bits per heavy atom. The smallest absolute Gasteiger partial charge is 0.459 e. The minimum Gasteiger partial charge on any atom is -0.459 e. The van der Waals surface area contributed by atoms with Crippen LogP contribution in [0.3, 0.4) is 0 Å². The molecule has 1 aliphatic heterocycles. The van der Waals surface area contributed by atoms with E-state index in [0.29, 0.717) is 5.02 Å². The number of halogens is 4. The first kappa shape index (κ1) is 39.8. The summed E-state index contributed by atoms with van der Waals surface area (Å²) in [7, 11) is -6.93. The van der Waals surface area contributed by atoms with E-state index in [1.54, 1.807) is 0 Å². The second kappa shape index (κ2) is 14.6. The molecule has 4 aromatic rings. The summed E-state index contributed by atoms with van der Waals surface area (Å²) in [6.07, 6.45) is -5.71. The van der Waals surface area contributed by atoms with Gasteiger partial charge in [0, 0.05) is 17.6 Å². The first-order valence-corrected chi connectivity index (χ1v) is 19.8. The fourth-order valence-electron chi connectivity index (χ4n) is 5.77. The lowest BCUT2D eigenvalue weighted by Gasteiger charge is -2.27. The van der Waals surface area contributed by atoms with Crippen LogP contribution in [0.15, 0.2) is 61.2 Å². The molecule has 4 N–H and O–H groups in total. The maximum atomic E-state index is 14.4. The van der Waals surface area contributed by atoms with Crippen molar-refractivity contribution in [2.24, 2.45) is 0 Å². The maximum absolute atomic E-state index is 14.4. The molecule has 1 saturated carbocycles. The number of hydrogen-bond donors (Lipinski definition) is 4. The molecular formula is C31H34ClF3N7O10PS. The molecule has 6 rings (SSSR count).